The van der Waals surface area contributed by atoms with Crippen LogP contribution >= 0.6 is 0 Å². The number of ether oxygens (including phenoxy) is 3. The van der Waals surface area contributed by atoms with Crippen molar-refractivity contribution in [1.82, 2.24) is 14.8 Å². The van der Waals surface area contributed by atoms with Gasteiger partial charge in [-0.15, -0.1) is 0 Å². The van der Waals surface area contributed by atoms with E-state index in [1.807, 2.05) is 0 Å². The predicted molar refractivity (Wildman–Crippen MR) is 221 cm³/mol. The number of carbonyl (C=O) groups excluding carboxylic acids is 4. The van der Waals surface area contributed by atoms with E-state index in [-0.39, 0.29) is 65.9 Å². The number of anilines is 1. The lowest BCUT2D eigenvalue weighted by molar-refractivity contribution is -0.158. The fraction of sp³-hybridized carbons (Fsp3) is 0.636. The van der Waals surface area contributed by atoms with Gasteiger partial charge >= 0.3 is 18.0 Å². The van der Waals surface area contributed by atoms with Crippen molar-refractivity contribution in [3.05, 3.63) is 45.3 Å². The zero-order valence-corrected chi connectivity index (χ0v) is 35.9. The van der Waals surface area contributed by atoms with E-state index in [0.717, 1.165) is 18.9 Å². The quantitative estimate of drug-likeness (QED) is 0.127. The summed E-state index contributed by atoms with van der Waals surface area (Å²) < 4.78 is 50.2. The highest BCUT2D eigenvalue weighted by Gasteiger charge is 2.38. The number of unbranched alkanes of at least 4 members (excludes halogenated alkanes) is 1. The minimum Gasteiger partial charge on any atom is -0.492 e. The number of carboxylic acid groups (broad SMARTS) is 1. The number of fused-ring (bicyclic) bond motifs is 1. The molecule has 60 heavy (non-hydrogen) atoms. The summed E-state index contributed by atoms with van der Waals surface area (Å²) in [7, 11) is 1.35. The topological polar surface area (TPSA) is 174 Å². The molecule has 3 aliphatic rings. The number of nitrogens with one attached hydrogen (secondary N) is 1. The molecule has 5 rings (SSSR count). The maximum atomic E-state index is 16.0. The third kappa shape index (κ3) is 11.6. The molecule has 1 aromatic carbocycles. The number of carboxylic acids is 1. The van der Waals surface area contributed by atoms with Crippen molar-refractivity contribution in [2.24, 2.45) is 5.92 Å². The molecule has 0 radical (unpaired) electrons. The Labute approximate surface area is 349 Å². The van der Waals surface area contributed by atoms with Crippen LogP contribution in [0.1, 0.15) is 135 Å². The number of methoxy groups -OCH3 is 1. The second-order valence-electron chi connectivity index (χ2n) is 18.1. The summed E-state index contributed by atoms with van der Waals surface area (Å²) in [6, 6.07) is 0.187. The lowest BCUT2D eigenvalue weighted by atomic mass is 9.95. The van der Waals surface area contributed by atoms with Crippen LogP contribution in [0.15, 0.2) is 28.5 Å². The average molecular weight is 843 g/mol. The maximum absolute atomic E-state index is 16.0. The minimum atomic E-state index is -1.41. The van der Waals surface area contributed by atoms with Crippen LogP contribution in [0, 0.1) is 11.7 Å². The maximum Gasteiger partial charge on any atom is 0.407 e. The molecule has 2 saturated heterocycles. The number of hydrogen-bond donors (Lipinski definition) is 2. The number of nitrogens with zero attached hydrogens (tertiary/aromatic N) is 3. The number of ketones is 1. The molecule has 2 N–H and O–H groups in total. The number of benzene rings is 1. The zero-order chi connectivity index (χ0) is 44.1. The third-order valence-corrected chi connectivity index (χ3v) is 10.9. The van der Waals surface area contributed by atoms with Gasteiger partial charge in [-0.05, 0) is 105 Å². The molecule has 2 amide bonds. The Balaban J connectivity index is 1.27. The number of carbonyl (C=O) groups is 5. The molecule has 0 spiro atoms. The number of rotatable bonds is 16. The standard InChI is InChI=1S/C44H60F2N4O10/c1-43(2,3)59-35(52)22-26(12-8-9-19-47-42(57)60-44(4,5)6)40(54)49-21-11-14-33(49)34(51)18-17-31(45)27-13-10-20-48(24-27)37-32(46)23-29-36(39(37)58-7)50(28-15-16-28)25-30(38(29)53)41(55)56/h23,25-26,28,33H,8-22,24H2,1-7H3,(H,47,57)(H,55,56)/b31-27+/t26-,33+/m1/s1. The van der Waals surface area contributed by atoms with Crippen molar-refractivity contribution in [1.29, 1.82) is 0 Å². The fourth-order valence-corrected chi connectivity index (χ4v) is 8.10. The van der Waals surface area contributed by atoms with Gasteiger partial charge in [0.05, 0.1) is 30.5 Å². The zero-order valence-electron chi connectivity index (χ0n) is 35.9. The number of Topliss-reactive ketones (excluding diaryl/α,β-unsaturated/α-hetero) is 1. The van der Waals surface area contributed by atoms with Gasteiger partial charge in [-0.1, -0.05) is 6.42 Å². The third-order valence-electron chi connectivity index (χ3n) is 10.9. The van der Waals surface area contributed by atoms with Crippen LogP contribution in [0.5, 0.6) is 5.75 Å². The Morgan fingerprint density at radius 2 is 1.67 bits per heavy atom. The number of piperidine rings is 1. The number of likely N-dealkylation sites (tertiary alicyclic amines) is 1. The summed E-state index contributed by atoms with van der Waals surface area (Å²) in [5, 5.41) is 12.3. The lowest BCUT2D eigenvalue weighted by Gasteiger charge is -2.33. The highest BCUT2D eigenvalue weighted by atomic mass is 19.1. The molecular formula is C44H60F2N4O10. The van der Waals surface area contributed by atoms with Crippen LogP contribution in [0.4, 0.5) is 19.3 Å². The highest BCUT2D eigenvalue weighted by molar-refractivity contribution is 5.97. The number of allylic oxidation sites excluding steroid dienone is 1. The molecule has 330 valence electrons. The van der Waals surface area contributed by atoms with Gasteiger partial charge in [0.15, 0.2) is 17.3 Å². The fourth-order valence-electron chi connectivity index (χ4n) is 8.10. The molecular weight excluding hydrogens is 782 g/mol. The Kier molecular flexibility index (Phi) is 14.7. The Morgan fingerprint density at radius 1 is 0.967 bits per heavy atom. The monoisotopic (exact) mass is 842 g/mol. The van der Waals surface area contributed by atoms with Crippen LogP contribution in [-0.4, -0.2) is 94.8 Å². The number of hydrogen-bond acceptors (Lipinski definition) is 10. The first-order valence-corrected chi connectivity index (χ1v) is 21.0. The van der Waals surface area contributed by atoms with Crippen molar-refractivity contribution in [3.63, 3.8) is 0 Å². The predicted octanol–water partition coefficient (Wildman–Crippen LogP) is 7.39. The van der Waals surface area contributed by atoms with Crippen LogP contribution in [0.25, 0.3) is 10.9 Å². The first-order valence-electron chi connectivity index (χ1n) is 21.0. The molecule has 0 unspecified atom stereocenters. The van der Waals surface area contributed by atoms with Crippen molar-refractivity contribution < 1.29 is 52.1 Å². The molecule has 1 aromatic heterocycles. The van der Waals surface area contributed by atoms with Crippen LogP contribution in [-0.2, 0) is 23.9 Å². The largest absolute Gasteiger partial charge is 0.492 e. The molecule has 16 heteroatoms. The summed E-state index contributed by atoms with van der Waals surface area (Å²) >= 11 is 0. The van der Waals surface area contributed by atoms with E-state index in [4.69, 9.17) is 14.2 Å². The van der Waals surface area contributed by atoms with Crippen molar-refractivity contribution in [2.75, 3.05) is 38.2 Å². The summed E-state index contributed by atoms with van der Waals surface area (Å²) in [5.74, 6) is -4.55. The molecule has 2 aromatic rings. The van der Waals surface area contributed by atoms with Gasteiger partial charge < -0.3 is 39.0 Å². The molecule has 1 aliphatic carbocycles. The van der Waals surface area contributed by atoms with E-state index in [1.165, 1.54) is 18.2 Å². The molecule has 2 atom stereocenters. The minimum absolute atomic E-state index is 0.00730. The Hall–Kier alpha value is -5.02. The molecule has 1 saturated carbocycles. The smallest absolute Gasteiger partial charge is 0.407 e. The first kappa shape index (κ1) is 46.1. The van der Waals surface area contributed by atoms with Gasteiger partial charge in [-0.3, -0.25) is 19.2 Å². The van der Waals surface area contributed by atoms with E-state index in [0.29, 0.717) is 70.2 Å². The van der Waals surface area contributed by atoms with Gasteiger partial charge in [-0.25, -0.2) is 18.4 Å². The van der Waals surface area contributed by atoms with E-state index in [2.05, 4.69) is 5.32 Å². The number of amides is 2. The van der Waals surface area contributed by atoms with Crippen LogP contribution < -0.4 is 20.4 Å². The Bertz CT molecular complexity index is 2060. The van der Waals surface area contributed by atoms with Crippen LogP contribution in [0.3, 0.4) is 0 Å². The molecule has 2 aliphatic heterocycles. The first-order chi connectivity index (χ1) is 28.2. The number of aromatic carboxylic acids is 1. The number of pyridine rings is 1. The molecule has 0 bridgehead atoms. The van der Waals surface area contributed by atoms with Crippen LogP contribution in [0.2, 0.25) is 0 Å². The van der Waals surface area contributed by atoms with Gasteiger partial charge in [0, 0.05) is 57.2 Å². The van der Waals surface area contributed by atoms with E-state index < -0.39 is 63.8 Å². The van der Waals surface area contributed by atoms with E-state index in [1.54, 1.807) is 51.0 Å². The summed E-state index contributed by atoms with van der Waals surface area (Å²) in [5.41, 5.74) is -1.96. The lowest BCUT2D eigenvalue weighted by Crippen LogP contribution is -2.44. The summed E-state index contributed by atoms with van der Waals surface area (Å²) in [4.78, 5) is 80.9. The molecule has 14 nitrogen and oxygen atoms in total. The van der Waals surface area contributed by atoms with E-state index >= 15 is 8.78 Å². The SMILES string of the molecule is COc1c(N2CCC/C(=C(\F)CCC(=O)[C@@H]3CCCN3C(=O)[C@H](CCCCNC(=O)OC(C)(C)C)CC(=O)OC(C)(C)C)C2)c(F)cc2c(=O)c(C(=O)O)cn(C3CC3)c12. The number of halogens is 2. The average Bonchev–Trinajstić information content (AvgIpc) is 3.89. The van der Waals surface area contributed by atoms with Crippen molar-refractivity contribution in [3.8, 4) is 5.75 Å². The van der Waals surface area contributed by atoms with Crippen molar-refractivity contribution >= 4 is 46.3 Å². The Morgan fingerprint density at radius 3 is 2.30 bits per heavy atom. The van der Waals surface area contributed by atoms with Gasteiger partial charge in [0.25, 0.3) is 0 Å². The van der Waals surface area contributed by atoms with Gasteiger partial charge in [-0.2, -0.15) is 0 Å². The van der Waals surface area contributed by atoms with Crippen molar-refractivity contribution in [2.45, 2.75) is 142 Å². The van der Waals surface area contributed by atoms with Gasteiger partial charge in [0.2, 0.25) is 11.3 Å². The second-order valence-corrected chi connectivity index (χ2v) is 18.1. The molecule has 3 fully saturated rings. The summed E-state index contributed by atoms with van der Waals surface area (Å²) in [6.45, 7) is 11.5. The van der Waals surface area contributed by atoms with Gasteiger partial charge in [0.1, 0.15) is 28.3 Å². The second kappa shape index (κ2) is 19.1. The number of aromatic nitrogens is 1. The summed E-state index contributed by atoms with van der Waals surface area (Å²) in [6.07, 6.45) is 4.92. The normalized spacial score (nSPS) is 18.6. The highest BCUT2D eigenvalue weighted by Crippen LogP contribution is 2.44. The number of esters is 1. The molecule has 3 heterocycles. The number of alkyl carbamates (subject to hydrolysis) is 1. The van der Waals surface area contributed by atoms with E-state index in [9.17, 15) is 33.9 Å².